The SMILES string of the molecule is O=C(Nc1ccn2ncc(C3CCC(F)(F)CC3)c2n1)c1ccc(I)cc1N1CCC2(CC1)CC2. The number of nitrogens with zero attached hydrogens (tertiary/aromatic N) is 4. The van der Waals surface area contributed by atoms with Gasteiger partial charge in [-0.05, 0) is 96.7 Å². The fourth-order valence-corrected chi connectivity index (χ4v) is 6.11. The van der Waals surface area contributed by atoms with Crippen molar-refractivity contribution in [3.05, 3.63) is 51.4 Å². The van der Waals surface area contributed by atoms with E-state index in [-0.39, 0.29) is 24.7 Å². The van der Waals surface area contributed by atoms with Gasteiger partial charge in [-0.3, -0.25) is 4.79 Å². The van der Waals surface area contributed by atoms with Gasteiger partial charge in [0.1, 0.15) is 5.82 Å². The Morgan fingerprint density at radius 1 is 1.06 bits per heavy atom. The van der Waals surface area contributed by atoms with E-state index in [1.54, 1.807) is 23.0 Å². The second-order valence-corrected chi connectivity index (χ2v) is 11.7. The van der Waals surface area contributed by atoms with Crippen molar-refractivity contribution in [3.8, 4) is 0 Å². The number of alkyl halides is 2. The molecule has 35 heavy (non-hydrogen) atoms. The van der Waals surface area contributed by atoms with E-state index >= 15 is 0 Å². The first kappa shape index (κ1) is 23.1. The van der Waals surface area contributed by atoms with Crippen molar-refractivity contribution in [1.82, 2.24) is 14.6 Å². The summed E-state index contributed by atoms with van der Waals surface area (Å²) in [6.45, 7) is 1.95. The Morgan fingerprint density at radius 2 is 1.80 bits per heavy atom. The number of halogens is 3. The van der Waals surface area contributed by atoms with Crippen LogP contribution in [0, 0.1) is 8.99 Å². The van der Waals surface area contributed by atoms with Gasteiger partial charge < -0.3 is 10.2 Å². The molecule has 6 rings (SSSR count). The van der Waals surface area contributed by atoms with E-state index in [1.165, 1.54) is 25.7 Å². The quantitative estimate of drug-likeness (QED) is 0.364. The van der Waals surface area contributed by atoms with Gasteiger partial charge in [0.25, 0.3) is 5.91 Å². The van der Waals surface area contributed by atoms with E-state index in [9.17, 15) is 13.6 Å². The van der Waals surface area contributed by atoms with Gasteiger partial charge in [0, 0.05) is 41.3 Å². The van der Waals surface area contributed by atoms with Crippen molar-refractivity contribution in [2.75, 3.05) is 23.3 Å². The van der Waals surface area contributed by atoms with Crippen LogP contribution in [0.5, 0.6) is 0 Å². The largest absolute Gasteiger partial charge is 0.371 e. The predicted molar refractivity (Wildman–Crippen MR) is 139 cm³/mol. The smallest absolute Gasteiger partial charge is 0.258 e. The summed E-state index contributed by atoms with van der Waals surface area (Å²) in [4.78, 5) is 20.4. The molecule has 3 heterocycles. The predicted octanol–water partition coefficient (Wildman–Crippen LogP) is 6.26. The van der Waals surface area contributed by atoms with Crippen LogP contribution in [0.25, 0.3) is 5.65 Å². The normalized spacial score (nSPS) is 21.4. The number of carbonyl (C=O) groups excluding carboxylic acids is 1. The second-order valence-electron chi connectivity index (χ2n) is 10.4. The summed E-state index contributed by atoms with van der Waals surface area (Å²) in [5.41, 5.74) is 3.67. The number of benzene rings is 1. The summed E-state index contributed by atoms with van der Waals surface area (Å²) in [7, 11) is 0. The van der Waals surface area contributed by atoms with Crippen molar-refractivity contribution in [2.45, 2.75) is 63.2 Å². The number of piperidine rings is 1. The zero-order valence-electron chi connectivity index (χ0n) is 19.4. The first-order chi connectivity index (χ1) is 16.8. The van der Waals surface area contributed by atoms with Crippen LogP contribution in [0.4, 0.5) is 20.3 Å². The molecule has 3 aliphatic rings. The molecule has 1 aromatic carbocycles. The standard InChI is InChI=1S/C26H28F2IN5O/c27-26(28)6-3-17(4-7-26)20-16-30-34-12-5-22(31-23(20)34)32-24(35)19-2-1-18(29)15-21(19)33-13-10-25(8-9-25)11-14-33/h1-2,5,12,15-17H,3-4,6-11,13-14H2,(H,31,32,35). The maximum atomic E-state index is 13.6. The number of hydrogen-bond donors (Lipinski definition) is 1. The van der Waals surface area contributed by atoms with E-state index in [0.29, 0.717) is 35.3 Å². The fourth-order valence-electron chi connectivity index (χ4n) is 5.64. The Balaban J connectivity index is 1.23. The first-order valence-electron chi connectivity index (χ1n) is 12.4. The number of anilines is 2. The van der Waals surface area contributed by atoms with Gasteiger partial charge in [-0.25, -0.2) is 18.3 Å². The van der Waals surface area contributed by atoms with Gasteiger partial charge in [0.15, 0.2) is 5.65 Å². The lowest BCUT2D eigenvalue weighted by Gasteiger charge is -2.35. The zero-order valence-corrected chi connectivity index (χ0v) is 21.6. The van der Waals surface area contributed by atoms with Gasteiger partial charge in [-0.1, -0.05) is 0 Å². The molecule has 2 aromatic heterocycles. The fraction of sp³-hybridized carbons (Fsp3) is 0.500. The number of fused-ring (bicyclic) bond motifs is 1. The Hall–Kier alpha value is -2.30. The summed E-state index contributed by atoms with van der Waals surface area (Å²) < 4.78 is 30.0. The highest BCUT2D eigenvalue weighted by atomic mass is 127. The maximum Gasteiger partial charge on any atom is 0.258 e. The van der Waals surface area contributed by atoms with Crippen molar-refractivity contribution in [1.29, 1.82) is 0 Å². The molecule has 1 aliphatic heterocycles. The van der Waals surface area contributed by atoms with Crippen LogP contribution < -0.4 is 10.2 Å². The number of aromatic nitrogens is 3. The van der Waals surface area contributed by atoms with Gasteiger partial charge in [-0.2, -0.15) is 5.10 Å². The average Bonchev–Trinajstić information content (AvgIpc) is 3.46. The summed E-state index contributed by atoms with van der Waals surface area (Å²) in [6, 6.07) is 7.65. The van der Waals surface area contributed by atoms with Gasteiger partial charge in [0.2, 0.25) is 5.92 Å². The van der Waals surface area contributed by atoms with Crippen molar-refractivity contribution in [3.63, 3.8) is 0 Å². The summed E-state index contributed by atoms with van der Waals surface area (Å²) in [5, 5.41) is 7.33. The number of carbonyl (C=O) groups is 1. The van der Waals surface area contributed by atoms with Crippen molar-refractivity contribution < 1.29 is 13.6 Å². The second kappa shape index (κ2) is 8.67. The lowest BCUT2D eigenvalue weighted by Crippen LogP contribution is -2.35. The van der Waals surface area contributed by atoms with Crippen LogP contribution >= 0.6 is 22.6 Å². The van der Waals surface area contributed by atoms with Crippen molar-refractivity contribution in [2.24, 2.45) is 5.41 Å². The van der Waals surface area contributed by atoms with E-state index in [0.717, 1.165) is 27.9 Å². The number of hydrogen-bond acceptors (Lipinski definition) is 4. The molecule has 2 saturated carbocycles. The number of nitrogens with one attached hydrogen (secondary N) is 1. The molecule has 0 atom stereocenters. The topological polar surface area (TPSA) is 62.5 Å². The minimum atomic E-state index is -2.58. The molecule has 6 nitrogen and oxygen atoms in total. The third-order valence-corrected chi connectivity index (χ3v) is 8.79. The molecule has 1 saturated heterocycles. The van der Waals surface area contributed by atoms with Gasteiger partial charge >= 0.3 is 0 Å². The highest BCUT2D eigenvalue weighted by Gasteiger charge is 2.44. The number of rotatable bonds is 4. The molecule has 1 amide bonds. The van der Waals surface area contributed by atoms with Crippen LogP contribution in [0.2, 0.25) is 0 Å². The molecule has 3 aromatic rings. The van der Waals surface area contributed by atoms with Crippen LogP contribution in [-0.2, 0) is 0 Å². The molecule has 9 heteroatoms. The van der Waals surface area contributed by atoms with Crippen LogP contribution in [0.1, 0.15) is 73.2 Å². The minimum absolute atomic E-state index is 0.00207. The van der Waals surface area contributed by atoms with E-state index < -0.39 is 5.92 Å². The Morgan fingerprint density at radius 3 is 2.51 bits per heavy atom. The van der Waals surface area contributed by atoms with E-state index in [4.69, 9.17) is 0 Å². The summed E-state index contributed by atoms with van der Waals surface area (Å²) >= 11 is 2.29. The summed E-state index contributed by atoms with van der Waals surface area (Å²) in [5.74, 6) is -2.34. The molecule has 0 bridgehead atoms. The molecular weight excluding hydrogens is 563 g/mol. The molecule has 0 unspecified atom stereocenters. The van der Waals surface area contributed by atoms with Crippen LogP contribution in [-0.4, -0.2) is 39.5 Å². The molecule has 0 radical (unpaired) electrons. The third kappa shape index (κ3) is 4.63. The van der Waals surface area contributed by atoms with Crippen LogP contribution in [0.15, 0.2) is 36.7 Å². The molecule has 2 aliphatic carbocycles. The molecular formula is C26H28F2IN5O. The van der Waals surface area contributed by atoms with Crippen LogP contribution in [0.3, 0.4) is 0 Å². The minimum Gasteiger partial charge on any atom is -0.371 e. The molecule has 184 valence electrons. The van der Waals surface area contributed by atoms with E-state index in [2.05, 4.69) is 49.0 Å². The molecule has 1 N–H and O–H groups in total. The van der Waals surface area contributed by atoms with Gasteiger partial charge in [0.05, 0.1) is 17.4 Å². The lowest BCUT2D eigenvalue weighted by atomic mass is 9.83. The zero-order chi connectivity index (χ0) is 24.2. The Labute approximate surface area is 216 Å². The van der Waals surface area contributed by atoms with Crippen molar-refractivity contribution >= 4 is 45.7 Å². The Kier molecular flexibility index (Phi) is 5.73. The number of amides is 1. The summed E-state index contributed by atoms with van der Waals surface area (Å²) in [6.07, 6.45) is 9.14. The monoisotopic (exact) mass is 591 g/mol. The highest BCUT2D eigenvalue weighted by molar-refractivity contribution is 14.1. The average molecular weight is 591 g/mol. The van der Waals surface area contributed by atoms with Gasteiger partial charge in [-0.15, -0.1) is 0 Å². The first-order valence-corrected chi connectivity index (χ1v) is 13.5. The third-order valence-electron chi connectivity index (χ3n) is 8.12. The molecule has 1 spiro atoms. The Bertz CT molecular complexity index is 1270. The highest BCUT2D eigenvalue weighted by Crippen LogP contribution is 2.54. The molecule has 3 fully saturated rings. The van der Waals surface area contributed by atoms with E-state index in [1.807, 2.05) is 12.1 Å². The lowest BCUT2D eigenvalue weighted by molar-refractivity contribution is -0.0381. The maximum absolute atomic E-state index is 13.6.